The Bertz CT molecular complexity index is 1570. The zero-order chi connectivity index (χ0) is 27.7. The van der Waals surface area contributed by atoms with Gasteiger partial charge in [-0.15, -0.1) is 0 Å². The number of fused-ring (bicyclic) bond motifs is 3. The summed E-state index contributed by atoms with van der Waals surface area (Å²) >= 11 is 0. The summed E-state index contributed by atoms with van der Waals surface area (Å²) in [6.45, 7) is 1.96. The standard InChI is InChI=1S/C35H36N2O4/c1-36(33(39)29-24-8-4-2-6-22(24)23-7-3-5-9-25(23)29)26-14-15-35(40)28-18-21-12-13-27(38)31-30(21)34(35,32(26)41-31)16-17-37(28)19-20-10-11-20/h2-9,12-13,20,26,28-29,32,38,40H,10-11,14-19H2,1H3/t26-,28+,32-,34-,35+/m0/s1. The van der Waals surface area contributed by atoms with Crippen LogP contribution in [0.3, 0.4) is 0 Å². The topological polar surface area (TPSA) is 73.2 Å². The smallest absolute Gasteiger partial charge is 0.234 e. The number of aromatic hydroxyl groups is 1. The number of ether oxygens (including phenoxy) is 1. The summed E-state index contributed by atoms with van der Waals surface area (Å²) in [6.07, 6.45) is 5.00. The number of piperidine rings is 1. The molecule has 3 fully saturated rings. The van der Waals surface area contributed by atoms with Gasteiger partial charge in [0.25, 0.3) is 0 Å². The zero-order valence-corrected chi connectivity index (χ0v) is 23.4. The van der Waals surface area contributed by atoms with E-state index in [0.29, 0.717) is 18.6 Å². The molecule has 0 unspecified atom stereocenters. The molecule has 2 N–H and O–H groups in total. The first-order chi connectivity index (χ1) is 19.9. The second-order valence-electron chi connectivity index (χ2n) is 13.5. The number of benzene rings is 3. The van der Waals surface area contributed by atoms with E-state index < -0.39 is 17.1 Å². The van der Waals surface area contributed by atoms with Gasteiger partial charge in [-0.3, -0.25) is 9.69 Å². The second-order valence-corrected chi connectivity index (χ2v) is 13.5. The van der Waals surface area contributed by atoms with Gasteiger partial charge in [-0.2, -0.15) is 0 Å². The van der Waals surface area contributed by atoms with Crippen LogP contribution in [-0.2, 0) is 16.6 Å². The van der Waals surface area contributed by atoms with Gasteiger partial charge in [0.2, 0.25) is 5.91 Å². The van der Waals surface area contributed by atoms with E-state index in [4.69, 9.17) is 4.74 Å². The molecule has 9 rings (SSSR count). The highest BCUT2D eigenvalue weighted by Gasteiger charge is 2.73. The van der Waals surface area contributed by atoms with Gasteiger partial charge in [0.05, 0.1) is 23.0 Å². The fourth-order valence-electron chi connectivity index (χ4n) is 9.64. The van der Waals surface area contributed by atoms with Gasteiger partial charge in [-0.05, 0) is 84.9 Å². The maximum atomic E-state index is 14.5. The molecule has 3 aromatic carbocycles. The molecule has 2 saturated carbocycles. The Morgan fingerprint density at radius 2 is 1.71 bits per heavy atom. The van der Waals surface area contributed by atoms with Gasteiger partial charge >= 0.3 is 0 Å². The molecular formula is C35H36N2O4. The highest BCUT2D eigenvalue weighted by Crippen LogP contribution is 2.66. The average molecular weight is 549 g/mol. The number of phenols is 1. The number of nitrogens with zero attached hydrogens (tertiary/aromatic N) is 2. The molecule has 210 valence electrons. The lowest BCUT2D eigenvalue weighted by atomic mass is 9.48. The van der Waals surface area contributed by atoms with Crippen LogP contribution < -0.4 is 4.74 Å². The lowest BCUT2D eigenvalue weighted by molar-refractivity contribution is -0.200. The largest absolute Gasteiger partial charge is 0.504 e. The van der Waals surface area contributed by atoms with Crippen molar-refractivity contribution in [3.8, 4) is 22.6 Å². The molecule has 2 bridgehead atoms. The normalized spacial score (nSPS) is 32.6. The maximum Gasteiger partial charge on any atom is 0.234 e. The number of phenolic OH excluding ortho intramolecular Hbond substituents is 1. The molecule has 0 radical (unpaired) electrons. The number of carbonyl (C=O) groups excluding carboxylic acids is 1. The summed E-state index contributed by atoms with van der Waals surface area (Å²) in [5.41, 5.74) is 4.97. The van der Waals surface area contributed by atoms with Crippen LogP contribution in [0.25, 0.3) is 11.1 Å². The van der Waals surface area contributed by atoms with Crippen LogP contribution in [0, 0.1) is 5.92 Å². The predicted molar refractivity (Wildman–Crippen MR) is 155 cm³/mol. The van der Waals surface area contributed by atoms with Crippen LogP contribution in [0.1, 0.15) is 60.3 Å². The Morgan fingerprint density at radius 3 is 2.41 bits per heavy atom. The molecule has 41 heavy (non-hydrogen) atoms. The number of carbonyl (C=O) groups is 1. The van der Waals surface area contributed by atoms with Gasteiger partial charge < -0.3 is 19.8 Å². The van der Waals surface area contributed by atoms with Crippen molar-refractivity contribution in [1.82, 2.24) is 9.80 Å². The maximum absolute atomic E-state index is 14.5. The lowest BCUT2D eigenvalue weighted by Gasteiger charge is -2.64. The molecule has 1 saturated heterocycles. The third kappa shape index (κ3) is 2.97. The minimum Gasteiger partial charge on any atom is -0.504 e. The molecule has 2 aliphatic heterocycles. The van der Waals surface area contributed by atoms with E-state index >= 15 is 0 Å². The van der Waals surface area contributed by atoms with Crippen LogP contribution in [0.4, 0.5) is 0 Å². The van der Waals surface area contributed by atoms with Gasteiger partial charge in [0.15, 0.2) is 11.5 Å². The number of aliphatic hydroxyl groups is 1. The summed E-state index contributed by atoms with van der Waals surface area (Å²) in [5, 5.41) is 23.8. The first-order valence-electron chi connectivity index (χ1n) is 15.4. The first-order valence-corrected chi connectivity index (χ1v) is 15.4. The summed E-state index contributed by atoms with van der Waals surface area (Å²) in [6, 6.07) is 20.1. The zero-order valence-electron chi connectivity index (χ0n) is 23.4. The third-order valence-corrected chi connectivity index (χ3v) is 11.7. The van der Waals surface area contributed by atoms with E-state index in [0.717, 1.165) is 59.7 Å². The van der Waals surface area contributed by atoms with E-state index in [2.05, 4.69) is 29.2 Å². The van der Waals surface area contributed by atoms with Crippen LogP contribution >= 0.6 is 0 Å². The van der Waals surface area contributed by atoms with E-state index in [1.165, 1.54) is 18.4 Å². The molecule has 6 heteroatoms. The van der Waals surface area contributed by atoms with Crippen molar-refractivity contribution in [2.24, 2.45) is 5.92 Å². The number of likely N-dealkylation sites (tertiary alicyclic amines) is 1. The minimum atomic E-state index is -0.955. The molecule has 1 spiro atoms. The molecule has 0 aromatic heterocycles. The van der Waals surface area contributed by atoms with E-state index in [-0.39, 0.29) is 29.7 Å². The summed E-state index contributed by atoms with van der Waals surface area (Å²) in [7, 11) is 1.92. The molecular weight excluding hydrogens is 512 g/mol. The minimum absolute atomic E-state index is 0.0292. The summed E-state index contributed by atoms with van der Waals surface area (Å²) < 4.78 is 6.77. The molecule has 3 aromatic rings. The molecule has 1 amide bonds. The van der Waals surface area contributed by atoms with Crippen molar-refractivity contribution in [2.45, 2.75) is 73.6 Å². The van der Waals surface area contributed by atoms with Crippen LogP contribution in [0.2, 0.25) is 0 Å². The number of amides is 1. The Kier molecular flexibility index (Phi) is 4.82. The van der Waals surface area contributed by atoms with Crippen LogP contribution in [0.5, 0.6) is 11.5 Å². The van der Waals surface area contributed by atoms with Crippen molar-refractivity contribution in [3.63, 3.8) is 0 Å². The number of hydrogen-bond acceptors (Lipinski definition) is 5. The monoisotopic (exact) mass is 548 g/mol. The Balaban J connectivity index is 1.13. The van der Waals surface area contributed by atoms with Crippen molar-refractivity contribution in [2.75, 3.05) is 20.1 Å². The SMILES string of the molecule is CN(C(=O)C1c2ccccc2-c2ccccc21)[C@H]1CC[C@@]2(O)[C@H]3Cc4ccc(O)c5c4[C@@]2(CCN3CC2CC2)[C@H]1O5. The fraction of sp³-hybridized carbons (Fsp3) is 0.457. The Morgan fingerprint density at radius 1 is 1.00 bits per heavy atom. The first kappa shape index (κ1) is 24.3. The van der Waals surface area contributed by atoms with Crippen molar-refractivity contribution >= 4 is 5.91 Å². The molecule has 2 heterocycles. The number of likely N-dealkylation sites (N-methyl/N-ethyl adjacent to an activating group) is 1. The highest BCUT2D eigenvalue weighted by atomic mass is 16.5. The molecule has 4 aliphatic carbocycles. The van der Waals surface area contributed by atoms with Gasteiger partial charge in [-0.1, -0.05) is 54.6 Å². The fourth-order valence-corrected chi connectivity index (χ4v) is 9.64. The highest BCUT2D eigenvalue weighted by molar-refractivity contribution is 5.96. The summed E-state index contributed by atoms with van der Waals surface area (Å²) in [4.78, 5) is 19.0. The Hall–Kier alpha value is -3.35. The molecule has 5 atom stereocenters. The van der Waals surface area contributed by atoms with Crippen molar-refractivity contribution < 1.29 is 19.7 Å². The Labute approximate surface area is 240 Å². The van der Waals surface area contributed by atoms with Crippen LogP contribution in [0.15, 0.2) is 60.7 Å². The molecule has 6 nitrogen and oxygen atoms in total. The average Bonchev–Trinajstić information content (AvgIpc) is 3.64. The van der Waals surface area contributed by atoms with Gasteiger partial charge in [-0.25, -0.2) is 0 Å². The lowest BCUT2D eigenvalue weighted by Crippen LogP contribution is -2.78. The summed E-state index contributed by atoms with van der Waals surface area (Å²) in [5.74, 6) is 1.12. The number of rotatable bonds is 4. The second kappa shape index (κ2) is 8.14. The van der Waals surface area contributed by atoms with Crippen LogP contribution in [-0.4, -0.2) is 69.8 Å². The quantitative estimate of drug-likeness (QED) is 0.499. The van der Waals surface area contributed by atoms with E-state index in [1.807, 2.05) is 42.3 Å². The number of hydrogen-bond donors (Lipinski definition) is 2. The third-order valence-electron chi connectivity index (χ3n) is 11.7. The molecule has 6 aliphatic rings. The van der Waals surface area contributed by atoms with Gasteiger partial charge in [0, 0.05) is 25.2 Å². The van der Waals surface area contributed by atoms with Gasteiger partial charge in [0.1, 0.15) is 6.10 Å². The van der Waals surface area contributed by atoms with E-state index in [9.17, 15) is 15.0 Å². The van der Waals surface area contributed by atoms with Crippen molar-refractivity contribution in [3.05, 3.63) is 82.9 Å². The predicted octanol–water partition coefficient (Wildman–Crippen LogP) is 4.60. The van der Waals surface area contributed by atoms with E-state index in [1.54, 1.807) is 6.07 Å². The van der Waals surface area contributed by atoms with Crippen molar-refractivity contribution in [1.29, 1.82) is 0 Å².